The molecular formula is C12H17N5OS. The van der Waals surface area contributed by atoms with Gasteiger partial charge in [-0.15, -0.1) is 0 Å². The number of aromatic nitrogens is 2. The van der Waals surface area contributed by atoms with Crippen LogP contribution in [0.2, 0.25) is 0 Å². The summed E-state index contributed by atoms with van der Waals surface area (Å²) in [6.45, 7) is 1.62. The SMILES string of the molecule is NC(=O)CC1CCN(c2nccnc2C(N)=S)CC1. The maximum Gasteiger partial charge on any atom is 0.217 e. The molecule has 4 N–H and O–H groups in total. The third-order valence-corrected chi connectivity index (χ3v) is 3.51. The van der Waals surface area contributed by atoms with Gasteiger partial charge in [0.05, 0.1) is 0 Å². The Morgan fingerprint density at radius 1 is 1.32 bits per heavy atom. The summed E-state index contributed by atoms with van der Waals surface area (Å²) in [6, 6.07) is 0. The molecule has 19 heavy (non-hydrogen) atoms. The Morgan fingerprint density at radius 3 is 2.53 bits per heavy atom. The first kappa shape index (κ1) is 13.7. The van der Waals surface area contributed by atoms with E-state index in [1.54, 1.807) is 12.4 Å². The second-order valence-electron chi connectivity index (χ2n) is 4.69. The Kier molecular flexibility index (Phi) is 4.26. The summed E-state index contributed by atoms with van der Waals surface area (Å²) in [5, 5.41) is 0. The Morgan fingerprint density at radius 2 is 1.95 bits per heavy atom. The molecule has 0 radical (unpaired) electrons. The molecule has 1 aliphatic heterocycles. The summed E-state index contributed by atoms with van der Waals surface area (Å²) < 4.78 is 0. The summed E-state index contributed by atoms with van der Waals surface area (Å²) >= 11 is 4.99. The second kappa shape index (κ2) is 5.92. The van der Waals surface area contributed by atoms with E-state index in [1.165, 1.54) is 0 Å². The van der Waals surface area contributed by atoms with Gasteiger partial charge in [0.2, 0.25) is 5.91 Å². The first-order valence-corrected chi connectivity index (χ1v) is 6.63. The molecule has 1 aromatic heterocycles. The van der Waals surface area contributed by atoms with Crippen molar-refractivity contribution in [2.75, 3.05) is 18.0 Å². The summed E-state index contributed by atoms with van der Waals surface area (Å²) in [5.41, 5.74) is 11.4. The average molecular weight is 279 g/mol. The van der Waals surface area contributed by atoms with Crippen LogP contribution in [-0.2, 0) is 4.79 Å². The number of hydrogen-bond acceptors (Lipinski definition) is 5. The van der Waals surface area contributed by atoms with Gasteiger partial charge in [-0.05, 0) is 18.8 Å². The van der Waals surface area contributed by atoms with E-state index >= 15 is 0 Å². The Balaban J connectivity index is 2.05. The number of anilines is 1. The maximum atomic E-state index is 10.9. The van der Waals surface area contributed by atoms with Crippen LogP contribution in [0.3, 0.4) is 0 Å². The van der Waals surface area contributed by atoms with E-state index in [2.05, 4.69) is 14.9 Å². The van der Waals surface area contributed by atoms with Crippen LogP contribution in [0.1, 0.15) is 25.0 Å². The molecule has 0 bridgehead atoms. The molecule has 1 aliphatic rings. The van der Waals surface area contributed by atoms with E-state index in [0.29, 0.717) is 18.0 Å². The van der Waals surface area contributed by atoms with Crippen molar-refractivity contribution < 1.29 is 4.79 Å². The number of primary amides is 1. The molecule has 0 aliphatic carbocycles. The number of thiocarbonyl (C=S) groups is 1. The van der Waals surface area contributed by atoms with Crippen molar-refractivity contribution in [3.05, 3.63) is 18.1 Å². The van der Waals surface area contributed by atoms with Crippen molar-refractivity contribution in [2.45, 2.75) is 19.3 Å². The highest BCUT2D eigenvalue weighted by Crippen LogP contribution is 2.25. The Bertz CT molecular complexity index is 485. The summed E-state index contributed by atoms with van der Waals surface area (Å²) in [6.07, 6.45) is 5.49. The standard InChI is InChI=1S/C12H17N5OS/c13-9(18)7-8-1-5-17(6-2-8)12-10(11(14)19)15-3-4-16-12/h3-4,8H,1-2,5-7H2,(H2,13,18)(H2,14,19). The zero-order valence-electron chi connectivity index (χ0n) is 10.6. The predicted octanol–water partition coefficient (Wildman–Crippen LogP) is 0.203. The first-order chi connectivity index (χ1) is 9.08. The van der Waals surface area contributed by atoms with E-state index in [1.807, 2.05) is 0 Å². The highest BCUT2D eigenvalue weighted by atomic mass is 32.1. The van der Waals surface area contributed by atoms with Crippen molar-refractivity contribution in [3.8, 4) is 0 Å². The molecule has 0 aromatic carbocycles. The fraction of sp³-hybridized carbons (Fsp3) is 0.500. The largest absolute Gasteiger partial charge is 0.388 e. The zero-order valence-corrected chi connectivity index (χ0v) is 11.4. The fourth-order valence-electron chi connectivity index (χ4n) is 2.37. The van der Waals surface area contributed by atoms with Gasteiger partial charge in [-0.2, -0.15) is 0 Å². The van der Waals surface area contributed by atoms with E-state index in [-0.39, 0.29) is 10.9 Å². The van der Waals surface area contributed by atoms with E-state index < -0.39 is 0 Å². The highest BCUT2D eigenvalue weighted by molar-refractivity contribution is 7.80. The van der Waals surface area contributed by atoms with Gasteiger partial charge in [0.25, 0.3) is 0 Å². The molecule has 0 saturated carbocycles. The van der Waals surface area contributed by atoms with Crippen LogP contribution in [-0.4, -0.2) is 34.0 Å². The lowest BCUT2D eigenvalue weighted by molar-refractivity contribution is -0.119. The van der Waals surface area contributed by atoms with Crippen LogP contribution in [0.25, 0.3) is 0 Å². The van der Waals surface area contributed by atoms with Gasteiger partial charge in [-0.1, -0.05) is 12.2 Å². The molecule has 2 rings (SSSR count). The monoisotopic (exact) mass is 279 g/mol. The number of carbonyl (C=O) groups is 1. The van der Waals surface area contributed by atoms with Crippen molar-refractivity contribution >= 4 is 28.9 Å². The third kappa shape index (κ3) is 3.37. The number of nitrogens with two attached hydrogens (primary N) is 2. The van der Waals surface area contributed by atoms with E-state index in [0.717, 1.165) is 31.7 Å². The van der Waals surface area contributed by atoms with Gasteiger partial charge in [-0.25, -0.2) is 9.97 Å². The lowest BCUT2D eigenvalue weighted by atomic mass is 9.93. The second-order valence-corrected chi connectivity index (χ2v) is 5.13. The van der Waals surface area contributed by atoms with Crippen molar-refractivity contribution in [1.82, 2.24) is 9.97 Å². The lowest BCUT2D eigenvalue weighted by Gasteiger charge is -2.32. The average Bonchev–Trinajstić information content (AvgIpc) is 2.39. The highest BCUT2D eigenvalue weighted by Gasteiger charge is 2.23. The maximum absolute atomic E-state index is 10.9. The zero-order chi connectivity index (χ0) is 13.8. The van der Waals surface area contributed by atoms with Crippen LogP contribution in [0.5, 0.6) is 0 Å². The Labute approximate surface area is 117 Å². The van der Waals surface area contributed by atoms with Crippen LogP contribution < -0.4 is 16.4 Å². The van der Waals surface area contributed by atoms with Crippen LogP contribution >= 0.6 is 12.2 Å². The van der Waals surface area contributed by atoms with Gasteiger partial charge in [0.15, 0.2) is 5.82 Å². The van der Waals surface area contributed by atoms with Crippen molar-refractivity contribution in [3.63, 3.8) is 0 Å². The van der Waals surface area contributed by atoms with Crippen LogP contribution in [0.15, 0.2) is 12.4 Å². The number of nitrogens with zero attached hydrogens (tertiary/aromatic N) is 3. The van der Waals surface area contributed by atoms with Gasteiger partial charge in [0.1, 0.15) is 10.7 Å². The summed E-state index contributed by atoms with van der Waals surface area (Å²) in [7, 11) is 0. The first-order valence-electron chi connectivity index (χ1n) is 6.22. The molecule has 1 saturated heterocycles. The number of rotatable bonds is 4. The van der Waals surface area contributed by atoms with Crippen LogP contribution in [0, 0.1) is 5.92 Å². The van der Waals surface area contributed by atoms with Gasteiger partial charge < -0.3 is 16.4 Å². The number of hydrogen-bond donors (Lipinski definition) is 2. The predicted molar refractivity (Wildman–Crippen MR) is 76.7 cm³/mol. The molecule has 0 spiro atoms. The summed E-state index contributed by atoms with van der Waals surface area (Å²) in [4.78, 5) is 21.8. The minimum atomic E-state index is -0.234. The molecule has 0 unspecified atom stereocenters. The van der Waals surface area contributed by atoms with Gasteiger partial charge in [0, 0.05) is 31.9 Å². The molecular weight excluding hydrogens is 262 g/mol. The normalized spacial score (nSPS) is 16.3. The molecule has 2 heterocycles. The molecule has 102 valence electrons. The minimum absolute atomic E-state index is 0.234. The quantitative estimate of drug-likeness (QED) is 0.764. The molecule has 7 heteroatoms. The minimum Gasteiger partial charge on any atom is -0.388 e. The molecule has 0 atom stereocenters. The van der Waals surface area contributed by atoms with Crippen molar-refractivity contribution in [2.24, 2.45) is 17.4 Å². The number of amides is 1. The Hall–Kier alpha value is -1.76. The van der Waals surface area contributed by atoms with Gasteiger partial charge in [-0.3, -0.25) is 4.79 Å². The van der Waals surface area contributed by atoms with Crippen molar-refractivity contribution in [1.29, 1.82) is 0 Å². The smallest absolute Gasteiger partial charge is 0.217 e. The lowest BCUT2D eigenvalue weighted by Crippen LogP contribution is -2.37. The topological polar surface area (TPSA) is 98.1 Å². The van der Waals surface area contributed by atoms with E-state index in [9.17, 15) is 4.79 Å². The molecule has 6 nitrogen and oxygen atoms in total. The molecule has 1 amide bonds. The van der Waals surface area contributed by atoms with Gasteiger partial charge >= 0.3 is 0 Å². The van der Waals surface area contributed by atoms with Crippen LogP contribution in [0.4, 0.5) is 5.82 Å². The fourth-order valence-corrected chi connectivity index (χ4v) is 2.51. The number of piperidine rings is 1. The number of carbonyl (C=O) groups excluding carboxylic acids is 1. The third-order valence-electron chi connectivity index (χ3n) is 3.32. The summed E-state index contributed by atoms with van der Waals surface area (Å²) in [5.74, 6) is 0.855. The van der Waals surface area contributed by atoms with E-state index in [4.69, 9.17) is 23.7 Å². The molecule has 1 aromatic rings. The molecule has 1 fully saturated rings.